The van der Waals surface area contributed by atoms with Gasteiger partial charge in [0.25, 0.3) is 5.91 Å². The number of carbonyl (C=O) groups excluding carboxylic acids is 2. The highest BCUT2D eigenvalue weighted by atomic mass is 19.3. The Hall–Kier alpha value is -3.56. The van der Waals surface area contributed by atoms with E-state index in [1.165, 1.54) is 50.6 Å². The third-order valence-electron chi connectivity index (χ3n) is 3.57. The van der Waals surface area contributed by atoms with Crippen LogP contribution in [0.2, 0.25) is 0 Å². The molecular formula is C19H19F2NO7. The number of ether oxygens (including phenoxy) is 5. The van der Waals surface area contributed by atoms with Crippen LogP contribution in [-0.4, -0.2) is 39.3 Å². The number of hydrogen-bond acceptors (Lipinski definition) is 7. The number of carbonyl (C=O) groups is 2. The quantitative estimate of drug-likeness (QED) is 0.599. The maximum Gasteiger partial charge on any atom is 0.387 e. The predicted molar refractivity (Wildman–Crippen MR) is 96.4 cm³/mol. The minimum atomic E-state index is -2.92. The minimum absolute atomic E-state index is 0.00361. The Bertz CT molecular complexity index is 831. The van der Waals surface area contributed by atoms with Crippen molar-refractivity contribution in [1.82, 2.24) is 0 Å². The van der Waals surface area contributed by atoms with Gasteiger partial charge in [0.05, 0.1) is 19.8 Å². The monoisotopic (exact) mass is 411 g/mol. The molecule has 0 saturated heterocycles. The van der Waals surface area contributed by atoms with Crippen LogP contribution in [0.3, 0.4) is 0 Å². The van der Waals surface area contributed by atoms with Crippen LogP contribution in [0, 0.1) is 0 Å². The molecular weight excluding hydrogens is 392 g/mol. The number of primary amides is 1. The highest BCUT2D eigenvalue weighted by Crippen LogP contribution is 2.38. The summed E-state index contributed by atoms with van der Waals surface area (Å²) in [7, 11) is 2.70. The molecule has 0 spiro atoms. The number of benzene rings is 2. The van der Waals surface area contributed by atoms with Crippen LogP contribution in [-0.2, 0) is 16.1 Å². The van der Waals surface area contributed by atoms with Crippen LogP contribution >= 0.6 is 0 Å². The second-order valence-corrected chi connectivity index (χ2v) is 5.56. The van der Waals surface area contributed by atoms with Crippen molar-refractivity contribution in [2.45, 2.75) is 13.2 Å². The predicted octanol–water partition coefficient (Wildman–Crippen LogP) is 2.53. The average molecular weight is 411 g/mol. The first-order chi connectivity index (χ1) is 13.8. The summed E-state index contributed by atoms with van der Waals surface area (Å²) < 4.78 is 49.4. The Morgan fingerprint density at radius 2 is 1.62 bits per heavy atom. The Balaban J connectivity index is 2.10. The molecule has 0 fully saturated rings. The lowest BCUT2D eigenvalue weighted by Gasteiger charge is -2.15. The summed E-state index contributed by atoms with van der Waals surface area (Å²) in [6, 6.07) is 8.39. The summed E-state index contributed by atoms with van der Waals surface area (Å²) in [4.78, 5) is 23.3. The summed E-state index contributed by atoms with van der Waals surface area (Å²) in [5.74, 6) is -0.980. The Morgan fingerprint density at radius 1 is 1.03 bits per heavy atom. The Kier molecular flexibility index (Phi) is 7.58. The molecule has 0 bridgehead atoms. The summed E-state index contributed by atoms with van der Waals surface area (Å²) >= 11 is 0. The molecule has 0 aliphatic heterocycles. The fourth-order valence-corrected chi connectivity index (χ4v) is 2.28. The van der Waals surface area contributed by atoms with Crippen LogP contribution in [0.1, 0.15) is 15.9 Å². The average Bonchev–Trinajstić information content (AvgIpc) is 2.70. The van der Waals surface area contributed by atoms with E-state index in [4.69, 9.17) is 24.7 Å². The van der Waals surface area contributed by atoms with Crippen LogP contribution < -0.4 is 24.7 Å². The van der Waals surface area contributed by atoms with Gasteiger partial charge in [-0.1, -0.05) is 12.1 Å². The van der Waals surface area contributed by atoms with E-state index in [1.54, 1.807) is 0 Å². The van der Waals surface area contributed by atoms with E-state index in [9.17, 15) is 18.4 Å². The lowest BCUT2D eigenvalue weighted by atomic mass is 10.1. The van der Waals surface area contributed by atoms with Gasteiger partial charge in [0.2, 0.25) is 5.75 Å². The fourth-order valence-electron chi connectivity index (χ4n) is 2.28. The van der Waals surface area contributed by atoms with Gasteiger partial charge in [-0.15, -0.1) is 0 Å². The van der Waals surface area contributed by atoms with Crippen molar-refractivity contribution in [2.24, 2.45) is 5.73 Å². The molecule has 2 aromatic rings. The molecule has 1 amide bonds. The van der Waals surface area contributed by atoms with E-state index < -0.39 is 25.1 Å². The molecule has 29 heavy (non-hydrogen) atoms. The van der Waals surface area contributed by atoms with E-state index in [0.717, 1.165) is 0 Å². The second kappa shape index (κ2) is 10.1. The molecule has 0 heterocycles. The fraction of sp³-hybridized carbons (Fsp3) is 0.263. The SMILES string of the molecule is COc1cc(C(=O)OCc2ccc(OC(F)F)cc2)cc(OC)c1OCC(N)=O. The zero-order valence-corrected chi connectivity index (χ0v) is 15.6. The van der Waals surface area contributed by atoms with Gasteiger partial charge in [0, 0.05) is 0 Å². The molecule has 0 aromatic heterocycles. The number of esters is 1. The van der Waals surface area contributed by atoms with Crippen molar-refractivity contribution >= 4 is 11.9 Å². The molecule has 0 atom stereocenters. The number of methoxy groups -OCH3 is 2. The Morgan fingerprint density at radius 3 is 2.10 bits per heavy atom. The van der Waals surface area contributed by atoms with Gasteiger partial charge in [-0.25, -0.2) is 4.79 Å². The lowest BCUT2D eigenvalue weighted by Crippen LogP contribution is -2.20. The molecule has 10 heteroatoms. The van der Waals surface area contributed by atoms with Crippen LogP contribution in [0.15, 0.2) is 36.4 Å². The van der Waals surface area contributed by atoms with E-state index >= 15 is 0 Å². The maximum absolute atomic E-state index is 12.4. The van der Waals surface area contributed by atoms with Crippen molar-refractivity contribution < 1.29 is 42.1 Å². The smallest absolute Gasteiger partial charge is 0.387 e. The van der Waals surface area contributed by atoms with Gasteiger partial charge in [-0.3, -0.25) is 4.79 Å². The minimum Gasteiger partial charge on any atom is -0.493 e. The first-order valence-electron chi connectivity index (χ1n) is 8.22. The van der Waals surface area contributed by atoms with Crippen LogP contribution in [0.5, 0.6) is 23.0 Å². The molecule has 2 aromatic carbocycles. The summed E-state index contributed by atoms with van der Waals surface area (Å²) in [5, 5.41) is 0. The van der Waals surface area contributed by atoms with Crippen LogP contribution in [0.25, 0.3) is 0 Å². The molecule has 156 valence electrons. The number of rotatable bonds is 10. The summed E-state index contributed by atoms with van der Waals surface area (Å²) in [6.45, 7) is -3.42. The number of halogens is 2. The highest BCUT2D eigenvalue weighted by molar-refractivity contribution is 5.91. The third kappa shape index (κ3) is 6.23. The van der Waals surface area contributed by atoms with Crippen LogP contribution in [0.4, 0.5) is 8.78 Å². The lowest BCUT2D eigenvalue weighted by molar-refractivity contribution is -0.120. The van der Waals surface area contributed by atoms with Gasteiger partial charge >= 0.3 is 12.6 Å². The van der Waals surface area contributed by atoms with Gasteiger partial charge < -0.3 is 29.4 Å². The van der Waals surface area contributed by atoms with Gasteiger partial charge in [-0.05, 0) is 29.8 Å². The van der Waals surface area contributed by atoms with Crippen molar-refractivity contribution in [3.63, 3.8) is 0 Å². The summed E-state index contributed by atoms with van der Waals surface area (Å²) in [5.41, 5.74) is 5.75. The molecule has 0 aliphatic carbocycles. The molecule has 0 unspecified atom stereocenters. The summed E-state index contributed by atoms with van der Waals surface area (Å²) in [6.07, 6.45) is 0. The highest BCUT2D eigenvalue weighted by Gasteiger charge is 2.19. The van der Waals surface area contributed by atoms with E-state index in [1.807, 2.05) is 0 Å². The van der Waals surface area contributed by atoms with Gasteiger partial charge in [-0.2, -0.15) is 8.78 Å². The second-order valence-electron chi connectivity index (χ2n) is 5.56. The third-order valence-corrected chi connectivity index (χ3v) is 3.57. The first-order valence-corrected chi connectivity index (χ1v) is 8.22. The van der Waals surface area contributed by atoms with Crippen molar-refractivity contribution in [3.05, 3.63) is 47.5 Å². The molecule has 8 nitrogen and oxygen atoms in total. The topological polar surface area (TPSA) is 106 Å². The zero-order chi connectivity index (χ0) is 21.4. The first kappa shape index (κ1) is 21.7. The molecule has 0 aliphatic rings. The van der Waals surface area contributed by atoms with E-state index in [-0.39, 0.29) is 35.2 Å². The van der Waals surface area contributed by atoms with Gasteiger partial charge in [0.15, 0.2) is 18.1 Å². The standard InChI is InChI=1S/C19H19F2NO7/c1-25-14-7-12(8-15(26-2)17(14)27-10-16(22)23)18(24)28-9-11-3-5-13(6-4-11)29-19(20)21/h3-8,19H,9-10H2,1-2H3,(H2,22,23). The number of alkyl halides is 2. The zero-order valence-electron chi connectivity index (χ0n) is 15.6. The van der Waals surface area contributed by atoms with Gasteiger partial charge in [0.1, 0.15) is 12.4 Å². The van der Waals surface area contributed by atoms with E-state index in [2.05, 4.69) is 4.74 Å². The number of nitrogens with two attached hydrogens (primary N) is 1. The number of hydrogen-bond donors (Lipinski definition) is 1. The van der Waals surface area contributed by atoms with Crippen molar-refractivity contribution in [2.75, 3.05) is 20.8 Å². The van der Waals surface area contributed by atoms with Crippen molar-refractivity contribution in [1.29, 1.82) is 0 Å². The van der Waals surface area contributed by atoms with Crippen molar-refractivity contribution in [3.8, 4) is 23.0 Å². The molecule has 2 rings (SSSR count). The Labute approximate surface area is 165 Å². The molecule has 2 N–H and O–H groups in total. The van der Waals surface area contributed by atoms with E-state index in [0.29, 0.717) is 5.56 Å². The maximum atomic E-state index is 12.4. The normalized spacial score (nSPS) is 10.4. The molecule has 0 saturated carbocycles. The molecule has 0 radical (unpaired) electrons. The largest absolute Gasteiger partial charge is 0.493 e. The number of amides is 1.